The molecule has 0 heterocycles. The Hall–Kier alpha value is 0.530. The van der Waals surface area contributed by atoms with E-state index in [0.29, 0.717) is 7.16 Å². The molecule has 0 radical (unpaired) electrons. The number of carbonyl (C=O) groups excluding carboxylic acids is 4. The molecular formula is C13H10Cl2I3NO5. The molecule has 11 heteroatoms. The van der Waals surface area contributed by atoms with Gasteiger partial charge in [-0.15, -0.1) is 0 Å². The molecule has 0 aromatic carbocycles. The molecule has 0 bridgehead atoms. The number of amides is 1. The fourth-order valence-electron chi connectivity index (χ4n) is 1.86. The third-order valence-corrected chi connectivity index (χ3v) is 7.06. The van der Waals surface area contributed by atoms with Crippen molar-refractivity contribution in [3.8, 4) is 0 Å². The zero-order chi connectivity index (χ0) is 18.8. The van der Waals surface area contributed by atoms with Gasteiger partial charge in [0.1, 0.15) is 0 Å². The molecular weight excluding hydrogens is 702 g/mol. The van der Waals surface area contributed by atoms with Crippen LogP contribution in [0.2, 0.25) is 0 Å². The van der Waals surface area contributed by atoms with Crippen molar-refractivity contribution in [1.82, 2.24) is 5.32 Å². The lowest BCUT2D eigenvalue weighted by Crippen LogP contribution is -2.39. The molecule has 132 valence electrons. The molecule has 6 nitrogen and oxygen atoms in total. The molecule has 24 heavy (non-hydrogen) atoms. The molecule has 0 fully saturated rings. The first-order chi connectivity index (χ1) is 11.0. The SMILES string of the molecule is CC(=O)O[C@@H](C)C(=O)NC1=C(I)C(C(=O)Cl)C(I)C(C(=O)Cl)=C1I. The molecule has 1 N–H and O–H groups in total. The Morgan fingerprint density at radius 3 is 2.17 bits per heavy atom. The Balaban J connectivity index is 3.30. The van der Waals surface area contributed by atoms with Crippen LogP contribution in [0.15, 0.2) is 18.4 Å². The first-order valence-electron chi connectivity index (χ1n) is 6.30. The van der Waals surface area contributed by atoms with Crippen molar-refractivity contribution in [3.63, 3.8) is 0 Å². The van der Waals surface area contributed by atoms with Crippen molar-refractivity contribution in [2.24, 2.45) is 5.92 Å². The van der Waals surface area contributed by atoms with Crippen molar-refractivity contribution < 1.29 is 23.9 Å². The second kappa shape index (κ2) is 9.46. The van der Waals surface area contributed by atoms with Gasteiger partial charge in [0.15, 0.2) is 6.10 Å². The fraction of sp³-hybridized carbons (Fsp3) is 0.385. The smallest absolute Gasteiger partial charge is 0.303 e. The van der Waals surface area contributed by atoms with Crippen LogP contribution in [-0.4, -0.2) is 32.4 Å². The highest BCUT2D eigenvalue weighted by atomic mass is 127. The summed E-state index contributed by atoms with van der Waals surface area (Å²) >= 11 is 17.0. The lowest BCUT2D eigenvalue weighted by molar-refractivity contribution is -0.152. The maximum atomic E-state index is 12.2. The highest BCUT2D eigenvalue weighted by molar-refractivity contribution is 14.1. The van der Waals surface area contributed by atoms with Crippen LogP contribution < -0.4 is 5.32 Å². The van der Waals surface area contributed by atoms with Gasteiger partial charge in [0.05, 0.1) is 15.5 Å². The Bertz CT molecular complexity index is 677. The molecule has 1 rings (SSSR count). The van der Waals surface area contributed by atoms with Gasteiger partial charge in [-0.3, -0.25) is 19.2 Å². The van der Waals surface area contributed by atoms with Crippen molar-refractivity contribution in [1.29, 1.82) is 0 Å². The maximum Gasteiger partial charge on any atom is 0.303 e. The van der Waals surface area contributed by atoms with E-state index < -0.39 is 38.3 Å². The van der Waals surface area contributed by atoms with Gasteiger partial charge in [-0.1, -0.05) is 22.6 Å². The van der Waals surface area contributed by atoms with Gasteiger partial charge in [0, 0.05) is 19.7 Å². The molecule has 1 aliphatic rings. The summed E-state index contributed by atoms with van der Waals surface area (Å²) in [5, 5.41) is 1.18. The highest BCUT2D eigenvalue weighted by Gasteiger charge is 2.41. The predicted octanol–water partition coefficient (Wildman–Crippen LogP) is 3.35. The van der Waals surface area contributed by atoms with Crippen LogP contribution in [0.5, 0.6) is 0 Å². The average Bonchev–Trinajstić information content (AvgIpc) is 2.41. The monoisotopic (exact) mass is 711 g/mol. The number of ether oxygens (including phenoxy) is 1. The molecule has 3 atom stereocenters. The van der Waals surface area contributed by atoms with Gasteiger partial charge >= 0.3 is 5.97 Å². The van der Waals surface area contributed by atoms with Crippen molar-refractivity contribution >= 4 is 113 Å². The van der Waals surface area contributed by atoms with Crippen LogP contribution in [0.4, 0.5) is 0 Å². The van der Waals surface area contributed by atoms with Crippen molar-refractivity contribution in [2.75, 3.05) is 0 Å². The number of allylic oxidation sites excluding steroid dienone is 3. The summed E-state index contributed by atoms with van der Waals surface area (Å²) in [4.78, 5) is 46.6. The summed E-state index contributed by atoms with van der Waals surface area (Å²) in [6.07, 6.45) is -1.04. The van der Waals surface area contributed by atoms with Crippen molar-refractivity contribution in [3.05, 3.63) is 18.4 Å². The first-order valence-corrected chi connectivity index (χ1v) is 10.5. The van der Waals surface area contributed by atoms with Crippen LogP contribution in [0, 0.1) is 5.92 Å². The van der Waals surface area contributed by atoms with Crippen molar-refractivity contribution in [2.45, 2.75) is 23.9 Å². The summed E-state index contributed by atoms with van der Waals surface area (Å²) in [5.41, 5.74) is 0.448. The predicted molar refractivity (Wildman–Crippen MR) is 114 cm³/mol. The Morgan fingerprint density at radius 1 is 1.21 bits per heavy atom. The normalized spacial score (nSPS) is 22.1. The topological polar surface area (TPSA) is 89.5 Å². The molecule has 0 saturated carbocycles. The summed E-state index contributed by atoms with van der Waals surface area (Å²) in [6, 6.07) is 0. The number of hydrogen-bond acceptors (Lipinski definition) is 5. The summed E-state index contributed by atoms with van der Waals surface area (Å²) in [6.45, 7) is 2.59. The minimum atomic E-state index is -1.04. The standard InChI is InChI=1S/C13H10Cl2I3NO5/c1-3(24-4(2)20)13(23)19-10-8(17)5(11(14)21)7(16)6(9(10)18)12(15)22/h3,5,7H,1-2H3,(H,19,23)/t3-,5?,7?/m0/s1. The van der Waals surface area contributed by atoms with Gasteiger partial charge in [0.25, 0.3) is 11.1 Å². The summed E-state index contributed by atoms with van der Waals surface area (Å²) < 4.78 is 5.14. The summed E-state index contributed by atoms with van der Waals surface area (Å²) in [7, 11) is 0. The largest absolute Gasteiger partial charge is 0.453 e. The number of hydrogen-bond donors (Lipinski definition) is 1. The van der Waals surface area contributed by atoms with Gasteiger partial charge in [-0.2, -0.15) is 0 Å². The maximum absolute atomic E-state index is 12.2. The molecule has 0 spiro atoms. The van der Waals surface area contributed by atoms with Crippen LogP contribution >= 0.6 is 91.0 Å². The minimum Gasteiger partial charge on any atom is -0.453 e. The number of halogens is 5. The average molecular weight is 712 g/mol. The Labute approximate surface area is 188 Å². The van der Waals surface area contributed by atoms with Crippen LogP contribution in [-0.2, 0) is 23.9 Å². The number of esters is 1. The van der Waals surface area contributed by atoms with E-state index in [-0.39, 0.29) is 11.3 Å². The number of carbonyl (C=O) groups is 4. The lowest BCUT2D eigenvalue weighted by Gasteiger charge is -2.29. The molecule has 2 unspecified atom stereocenters. The minimum absolute atomic E-state index is 0.188. The van der Waals surface area contributed by atoms with E-state index in [1.807, 2.05) is 67.8 Å². The van der Waals surface area contributed by atoms with Crippen LogP contribution in [0.25, 0.3) is 0 Å². The van der Waals surface area contributed by atoms with Crippen LogP contribution in [0.1, 0.15) is 13.8 Å². The molecule has 0 saturated heterocycles. The van der Waals surface area contributed by atoms with E-state index in [9.17, 15) is 19.2 Å². The number of nitrogens with one attached hydrogen (secondary N) is 1. The highest BCUT2D eigenvalue weighted by Crippen LogP contribution is 2.45. The molecule has 0 aromatic heterocycles. The van der Waals surface area contributed by atoms with Gasteiger partial charge in [0.2, 0.25) is 5.24 Å². The number of rotatable bonds is 5. The molecule has 1 amide bonds. The molecule has 1 aliphatic carbocycles. The van der Waals surface area contributed by atoms with E-state index in [1.54, 1.807) is 0 Å². The van der Waals surface area contributed by atoms with Gasteiger partial charge in [-0.25, -0.2) is 0 Å². The second-order valence-corrected chi connectivity index (χ2v) is 8.95. The van der Waals surface area contributed by atoms with E-state index in [1.165, 1.54) is 13.8 Å². The lowest BCUT2D eigenvalue weighted by atomic mass is 9.94. The van der Waals surface area contributed by atoms with E-state index >= 15 is 0 Å². The molecule has 0 aliphatic heterocycles. The third kappa shape index (κ3) is 5.27. The Kier molecular flexibility index (Phi) is 8.90. The zero-order valence-electron chi connectivity index (χ0n) is 12.2. The zero-order valence-corrected chi connectivity index (χ0v) is 20.1. The first kappa shape index (κ1) is 22.6. The van der Waals surface area contributed by atoms with E-state index in [4.69, 9.17) is 27.9 Å². The summed E-state index contributed by atoms with van der Waals surface area (Å²) in [5.74, 6) is -2.02. The second-order valence-electron chi connectivity index (χ2n) is 4.65. The van der Waals surface area contributed by atoms with Crippen LogP contribution in [0.3, 0.4) is 0 Å². The van der Waals surface area contributed by atoms with E-state index in [0.717, 1.165) is 0 Å². The van der Waals surface area contributed by atoms with Gasteiger partial charge in [-0.05, 0) is 75.3 Å². The van der Waals surface area contributed by atoms with E-state index in [2.05, 4.69) is 5.32 Å². The van der Waals surface area contributed by atoms with Gasteiger partial charge < -0.3 is 10.1 Å². The fourth-order valence-corrected chi connectivity index (χ4v) is 8.18. The Morgan fingerprint density at radius 2 is 1.75 bits per heavy atom. The molecule has 0 aromatic rings. The number of alkyl halides is 1. The third-order valence-electron chi connectivity index (χ3n) is 2.95. The quantitative estimate of drug-likeness (QED) is 0.205.